The van der Waals surface area contributed by atoms with Gasteiger partial charge in [0.15, 0.2) is 0 Å². The van der Waals surface area contributed by atoms with Gasteiger partial charge in [0.25, 0.3) is 5.91 Å². The zero-order valence-corrected chi connectivity index (χ0v) is 19.8. The molecule has 2 saturated heterocycles. The number of carbonyl (C=O) groups excluding carboxylic acids is 2. The van der Waals surface area contributed by atoms with Crippen molar-refractivity contribution in [3.05, 3.63) is 59.7 Å². The normalized spacial score (nSPS) is 21.0. The quantitative estimate of drug-likeness (QED) is 0.618. The highest BCUT2D eigenvalue weighted by molar-refractivity contribution is 6.07. The van der Waals surface area contributed by atoms with Crippen molar-refractivity contribution in [2.75, 3.05) is 38.8 Å². The van der Waals surface area contributed by atoms with Gasteiger partial charge in [0.1, 0.15) is 11.3 Å². The van der Waals surface area contributed by atoms with Crippen molar-refractivity contribution >= 4 is 17.6 Å². The molecule has 7 nitrogen and oxygen atoms in total. The molecule has 2 heterocycles. The van der Waals surface area contributed by atoms with E-state index in [-0.39, 0.29) is 18.6 Å². The largest absolute Gasteiger partial charge is 0.497 e. The van der Waals surface area contributed by atoms with Crippen molar-refractivity contribution < 1.29 is 14.3 Å². The summed E-state index contributed by atoms with van der Waals surface area (Å²) in [6.45, 7) is 4.97. The van der Waals surface area contributed by atoms with Crippen LogP contribution >= 0.6 is 0 Å². The third-order valence-electron chi connectivity index (χ3n) is 6.80. The van der Waals surface area contributed by atoms with Crippen molar-refractivity contribution in [2.24, 2.45) is 0 Å². The first-order valence-corrected chi connectivity index (χ1v) is 11.8. The number of anilines is 1. The first-order chi connectivity index (χ1) is 16.0. The second kappa shape index (κ2) is 9.83. The van der Waals surface area contributed by atoms with Gasteiger partial charge in [-0.15, -0.1) is 0 Å². The van der Waals surface area contributed by atoms with Crippen LogP contribution in [0, 0.1) is 0 Å². The molecule has 1 atom stereocenters. The number of carbonyl (C=O) groups is 2. The Balaban J connectivity index is 1.49. The number of hydrogen-bond donors (Lipinski definition) is 1. The molecule has 176 valence electrons. The van der Waals surface area contributed by atoms with E-state index in [0.29, 0.717) is 18.7 Å². The van der Waals surface area contributed by atoms with E-state index in [0.717, 1.165) is 18.7 Å². The van der Waals surface area contributed by atoms with E-state index in [9.17, 15) is 9.59 Å². The summed E-state index contributed by atoms with van der Waals surface area (Å²) >= 11 is 0. The van der Waals surface area contributed by atoms with Crippen LogP contribution in [0.25, 0.3) is 0 Å². The molecule has 0 radical (unpaired) electrons. The fourth-order valence-corrected chi connectivity index (χ4v) is 4.94. The second-order valence-corrected chi connectivity index (χ2v) is 8.98. The molecular weight excluding hydrogens is 416 g/mol. The Morgan fingerprint density at radius 1 is 1.03 bits per heavy atom. The van der Waals surface area contributed by atoms with Crippen LogP contribution in [0.15, 0.2) is 48.5 Å². The van der Waals surface area contributed by atoms with Crippen LogP contribution in [0.1, 0.15) is 43.7 Å². The van der Waals surface area contributed by atoms with Crippen LogP contribution in [0.3, 0.4) is 0 Å². The molecule has 33 heavy (non-hydrogen) atoms. The summed E-state index contributed by atoms with van der Waals surface area (Å²) in [4.78, 5) is 32.2. The van der Waals surface area contributed by atoms with Crippen molar-refractivity contribution in [1.82, 2.24) is 15.1 Å². The zero-order chi connectivity index (χ0) is 23.4. The highest BCUT2D eigenvalue weighted by Crippen LogP contribution is 2.33. The van der Waals surface area contributed by atoms with Gasteiger partial charge in [-0.25, -0.2) is 9.69 Å². The maximum absolute atomic E-state index is 13.5. The van der Waals surface area contributed by atoms with Crippen molar-refractivity contribution in [2.45, 2.75) is 44.7 Å². The van der Waals surface area contributed by atoms with Crippen molar-refractivity contribution in [3.63, 3.8) is 0 Å². The number of nitrogens with one attached hydrogen (secondary N) is 1. The highest BCUT2D eigenvalue weighted by Gasteiger charge is 2.51. The Bertz CT molecular complexity index is 987. The molecule has 0 saturated carbocycles. The number of amides is 3. The predicted molar refractivity (Wildman–Crippen MR) is 129 cm³/mol. The average Bonchev–Trinajstić information content (AvgIpc) is 3.10. The summed E-state index contributed by atoms with van der Waals surface area (Å²) in [6.07, 6.45) is 4.20. The standard InChI is InChI=1S/C26H34N4O3/c1-4-26(21-12-14-22(33-3)15-13-21)24(31)30(25(32)27-26)19-28(2)18-20-10-6-7-11-23(20)29-16-8-5-9-17-29/h6-7,10-15H,4-5,8-9,16-19H2,1-3H3,(H,27,32)/t26-/m0/s1. The van der Waals surface area contributed by atoms with Gasteiger partial charge in [0, 0.05) is 25.3 Å². The Morgan fingerprint density at radius 2 is 1.73 bits per heavy atom. The summed E-state index contributed by atoms with van der Waals surface area (Å²) < 4.78 is 5.24. The fourth-order valence-electron chi connectivity index (χ4n) is 4.94. The number of piperidine rings is 1. The SMILES string of the molecule is CC[C@@]1(c2ccc(OC)cc2)NC(=O)N(CN(C)Cc2ccccc2N2CCCCC2)C1=O. The predicted octanol–water partition coefficient (Wildman–Crippen LogP) is 3.93. The Morgan fingerprint density at radius 3 is 2.39 bits per heavy atom. The van der Waals surface area contributed by atoms with E-state index in [1.54, 1.807) is 7.11 Å². The third kappa shape index (κ3) is 4.55. The van der Waals surface area contributed by atoms with Crippen LogP contribution in [0.2, 0.25) is 0 Å². The highest BCUT2D eigenvalue weighted by atomic mass is 16.5. The lowest BCUT2D eigenvalue weighted by molar-refractivity contribution is -0.133. The average molecular weight is 451 g/mol. The Hall–Kier alpha value is -3.06. The first-order valence-electron chi connectivity index (χ1n) is 11.8. The maximum Gasteiger partial charge on any atom is 0.326 e. The van der Waals surface area contributed by atoms with Gasteiger partial charge in [0.2, 0.25) is 0 Å². The van der Waals surface area contributed by atoms with Crippen molar-refractivity contribution in [1.29, 1.82) is 0 Å². The molecule has 0 aliphatic carbocycles. The van der Waals surface area contributed by atoms with Crippen molar-refractivity contribution in [3.8, 4) is 5.75 Å². The molecule has 0 unspecified atom stereocenters. The van der Waals surface area contributed by atoms with E-state index >= 15 is 0 Å². The first kappa shape index (κ1) is 23.1. The lowest BCUT2D eigenvalue weighted by Crippen LogP contribution is -2.44. The van der Waals surface area contributed by atoms with E-state index in [2.05, 4.69) is 34.5 Å². The topological polar surface area (TPSA) is 65.1 Å². The molecule has 7 heteroatoms. The van der Waals surface area contributed by atoms with Crippen LogP contribution < -0.4 is 15.0 Å². The molecule has 3 amide bonds. The van der Waals surface area contributed by atoms with E-state index < -0.39 is 5.54 Å². The fraction of sp³-hybridized carbons (Fsp3) is 0.462. The second-order valence-electron chi connectivity index (χ2n) is 8.98. The lowest BCUT2D eigenvalue weighted by Gasteiger charge is -2.32. The minimum absolute atomic E-state index is 0.212. The van der Waals surface area contributed by atoms with Gasteiger partial charge in [-0.2, -0.15) is 0 Å². The Labute approximate surface area is 196 Å². The lowest BCUT2D eigenvalue weighted by atomic mass is 9.87. The molecule has 0 bridgehead atoms. The smallest absolute Gasteiger partial charge is 0.326 e. The third-order valence-corrected chi connectivity index (χ3v) is 6.80. The molecule has 2 aliphatic heterocycles. The number of nitrogens with zero attached hydrogens (tertiary/aromatic N) is 3. The molecule has 2 fully saturated rings. The van der Waals surface area contributed by atoms with Gasteiger partial charge in [-0.1, -0.05) is 37.3 Å². The number of para-hydroxylation sites is 1. The van der Waals surface area contributed by atoms with Gasteiger partial charge < -0.3 is 15.0 Å². The molecule has 2 aliphatic rings. The molecule has 0 spiro atoms. The molecule has 0 aromatic heterocycles. The van der Waals surface area contributed by atoms with Gasteiger partial charge in [-0.3, -0.25) is 9.69 Å². The zero-order valence-electron chi connectivity index (χ0n) is 19.8. The number of urea groups is 1. The molecule has 1 N–H and O–H groups in total. The van der Waals surface area contributed by atoms with Crippen LogP contribution in [0.4, 0.5) is 10.5 Å². The number of rotatable bonds is 8. The number of ether oxygens (including phenoxy) is 1. The van der Waals surface area contributed by atoms with Gasteiger partial charge in [-0.05, 0) is 62.1 Å². The summed E-state index contributed by atoms with van der Waals surface area (Å²) in [6, 6.07) is 15.4. The van der Waals surface area contributed by atoms with Crippen LogP contribution in [0.5, 0.6) is 5.75 Å². The van der Waals surface area contributed by atoms with Crippen LogP contribution in [-0.4, -0.2) is 55.7 Å². The summed E-state index contributed by atoms with van der Waals surface area (Å²) in [5.74, 6) is 0.502. The summed E-state index contributed by atoms with van der Waals surface area (Å²) in [5.41, 5.74) is 2.19. The van der Waals surface area contributed by atoms with Gasteiger partial charge >= 0.3 is 6.03 Å². The number of methoxy groups -OCH3 is 1. The number of hydrogen-bond acceptors (Lipinski definition) is 5. The monoisotopic (exact) mass is 450 g/mol. The summed E-state index contributed by atoms with van der Waals surface area (Å²) in [5, 5.41) is 2.96. The molecule has 2 aromatic carbocycles. The number of benzene rings is 2. The molecule has 4 rings (SSSR count). The van der Waals surface area contributed by atoms with E-state index in [1.165, 1.54) is 35.4 Å². The van der Waals surface area contributed by atoms with Gasteiger partial charge in [0.05, 0.1) is 13.8 Å². The van der Waals surface area contributed by atoms with Crippen LogP contribution in [-0.2, 0) is 16.9 Å². The summed E-state index contributed by atoms with van der Waals surface area (Å²) in [7, 11) is 3.56. The number of imide groups is 1. The molecule has 2 aromatic rings. The Kier molecular flexibility index (Phi) is 6.88. The van der Waals surface area contributed by atoms with E-state index in [1.807, 2.05) is 43.1 Å². The minimum Gasteiger partial charge on any atom is -0.497 e. The van der Waals surface area contributed by atoms with E-state index in [4.69, 9.17) is 4.74 Å². The molecular formula is C26H34N4O3. The minimum atomic E-state index is -1.05. The maximum atomic E-state index is 13.5.